The summed E-state index contributed by atoms with van der Waals surface area (Å²) in [4.78, 5) is 14.4. The lowest BCUT2D eigenvalue weighted by atomic mass is 10.1. The van der Waals surface area contributed by atoms with E-state index in [1.54, 1.807) is 31.2 Å². The molecule has 0 saturated carbocycles. The standard InChI is InChI=1S/C27H27FN4O2S/c1-31(18-21-9-6-10-23(28)17-21)25(33)19-35-27-30-29-26(22-11-13-24(34-2)14-12-22)32(27)16-15-20-7-4-3-5-8-20/h3-14,17H,15-16,18-19H2,1-2H3. The maximum Gasteiger partial charge on any atom is 0.233 e. The van der Waals surface area contributed by atoms with Crippen molar-refractivity contribution in [3.05, 3.63) is 95.8 Å². The molecule has 4 aromatic rings. The van der Waals surface area contributed by atoms with Crippen LogP contribution in [0, 0.1) is 5.82 Å². The lowest BCUT2D eigenvalue weighted by Gasteiger charge is -2.17. The molecule has 3 aromatic carbocycles. The fourth-order valence-corrected chi connectivity index (χ4v) is 4.58. The molecule has 4 rings (SSSR count). The van der Waals surface area contributed by atoms with Crippen LogP contribution in [-0.4, -0.2) is 45.5 Å². The molecule has 180 valence electrons. The Morgan fingerprint density at radius 3 is 2.46 bits per heavy atom. The zero-order valence-corrected chi connectivity index (χ0v) is 20.5. The van der Waals surface area contributed by atoms with E-state index in [0.717, 1.165) is 29.1 Å². The molecule has 0 radical (unpaired) electrons. The summed E-state index contributed by atoms with van der Waals surface area (Å²) in [5, 5.41) is 9.52. The zero-order chi connectivity index (χ0) is 24.6. The molecule has 1 heterocycles. The minimum Gasteiger partial charge on any atom is -0.497 e. The summed E-state index contributed by atoms with van der Waals surface area (Å²) in [5.74, 6) is 1.34. The highest BCUT2D eigenvalue weighted by Gasteiger charge is 2.17. The molecule has 1 aromatic heterocycles. The molecule has 0 aliphatic carbocycles. The van der Waals surface area contributed by atoms with Crippen molar-refractivity contribution in [3.8, 4) is 17.1 Å². The second-order valence-electron chi connectivity index (χ2n) is 8.09. The summed E-state index contributed by atoms with van der Waals surface area (Å²) < 4.78 is 20.8. The van der Waals surface area contributed by atoms with Crippen LogP contribution < -0.4 is 4.74 Å². The summed E-state index contributed by atoms with van der Waals surface area (Å²) in [7, 11) is 3.35. The number of rotatable bonds is 10. The van der Waals surface area contributed by atoms with Crippen molar-refractivity contribution >= 4 is 17.7 Å². The smallest absolute Gasteiger partial charge is 0.233 e. The molecule has 8 heteroatoms. The lowest BCUT2D eigenvalue weighted by Crippen LogP contribution is -2.28. The Balaban J connectivity index is 1.49. The number of carbonyl (C=O) groups excluding carboxylic acids is 1. The first-order chi connectivity index (χ1) is 17.0. The number of thioether (sulfide) groups is 1. The quantitative estimate of drug-likeness (QED) is 0.290. The molecule has 35 heavy (non-hydrogen) atoms. The summed E-state index contributed by atoms with van der Waals surface area (Å²) in [6.45, 7) is 1.02. The van der Waals surface area contributed by atoms with Gasteiger partial charge in [-0.25, -0.2) is 4.39 Å². The van der Waals surface area contributed by atoms with Gasteiger partial charge in [-0.05, 0) is 53.9 Å². The first kappa shape index (κ1) is 24.5. The first-order valence-electron chi connectivity index (χ1n) is 11.3. The molecule has 0 fully saturated rings. The van der Waals surface area contributed by atoms with E-state index in [-0.39, 0.29) is 17.5 Å². The van der Waals surface area contributed by atoms with Gasteiger partial charge in [-0.1, -0.05) is 54.2 Å². The van der Waals surface area contributed by atoms with Gasteiger partial charge in [-0.3, -0.25) is 4.79 Å². The van der Waals surface area contributed by atoms with Gasteiger partial charge in [-0.2, -0.15) is 0 Å². The summed E-state index contributed by atoms with van der Waals surface area (Å²) in [6, 6.07) is 24.2. The van der Waals surface area contributed by atoms with Crippen molar-refractivity contribution in [2.75, 3.05) is 19.9 Å². The van der Waals surface area contributed by atoms with Gasteiger partial charge < -0.3 is 14.2 Å². The Labute approximate surface area is 208 Å². The highest BCUT2D eigenvalue weighted by atomic mass is 32.2. The predicted octanol–water partition coefficient (Wildman–Crippen LogP) is 5.09. The number of benzene rings is 3. The molecule has 0 atom stereocenters. The maximum absolute atomic E-state index is 13.5. The SMILES string of the molecule is COc1ccc(-c2nnc(SCC(=O)N(C)Cc3cccc(F)c3)n2CCc2ccccc2)cc1. The second kappa shape index (κ2) is 11.7. The number of aromatic nitrogens is 3. The van der Waals surface area contributed by atoms with Gasteiger partial charge in [-0.15, -0.1) is 10.2 Å². The number of aryl methyl sites for hydroxylation is 1. The monoisotopic (exact) mass is 490 g/mol. The number of carbonyl (C=O) groups is 1. The van der Waals surface area contributed by atoms with Gasteiger partial charge in [0.25, 0.3) is 0 Å². The van der Waals surface area contributed by atoms with Gasteiger partial charge >= 0.3 is 0 Å². The molecule has 0 N–H and O–H groups in total. The molecule has 6 nitrogen and oxygen atoms in total. The van der Waals surface area contributed by atoms with Crippen LogP contribution in [0.1, 0.15) is 11.1 Å². The van der Waals surface area contributed by atoms with E-state index in [4.69, 9.17) is 4.74 Å². The molecular formula is C27H27FN4O2S. The molecule has 0 aliphatic rings. The second-order valence-corrected chi connectivity index (χ2v) is 9.03. The molecular weight excluding hydrogens is 463 g/mol. The van der Waals surface area contributed by atoms with Gasteiger partial charge in [0, 0.05) is 25.7 Å². The van der Waals surface area contributed by atoms with Crippen LogP contribution in [0.5, 0.6) is 5.75 Å². The topological polar surface area (TPSA) is 60.3 Å². The van der Waals surface area contributed by atoms with Gasteiger partial charge in [0.15, 0.2) is 11.0 Å². The summed E-state index contributed by atoms with van der Waals surface area (Å²) in [6.07, 6.45) is 0.809. The zero-order valence-electron chi connectivity index (χ0n) is 19.7. The minimum atomic E-state index is -0.310. The fourth-order valence-electron chi connectivity index (χ4n) is 3.67. The number of halogens is 1. The lowest BCUT2D eigenvalue weighted by molar-refractivity contribution is -0.127. The van der Waals surface area contributed by atoms with E-state index in [0.29, 0.717) is 18.2 Å². The Hall–Kier alpha value is -3.65. The maximum atomic E-state index is 13.5. The van der Waals surface area contributed by atoms with Crippen LogP contribution in [0.4, 0.5) is 4.39 Å². The minimum absolute atomic E-state index is 0.0668. The van der Waals surface area contributed by atoms with Crippen LogP contribution in [0.15, 0.2) is 84.0 Å². The Morgan fingerprint density at radius 1 is 1.00 bits per heavy atom. The average Bonchev–Trinajstić information content (AvgIpc) is 3.29. The van der Waals surface area contributed by atoms with E-state index in [9.17, 15) is 9.18 Å². The van der Waals surface area contributed by atoms with Gasteiger partial charge in [0.2, 0.25) is 5.91 Å². The summed E-state index contributed by atoms with van der Waals surface area (Å²) in [5.41, 5.74) is 2.88. The van der Waals surface area contributed by atoms with Crippen molar-refractivity contribution in [1.82, 2.24) is 19.7 Å². The van der Waals surface area contributed by atoms with Crippen molar-refractivity contribution in [2.24, 2.45) is 0 Å². The molecule has 1 amide bonds. The molecule has 0 saturated heterocycles. The highest BCUT2D eigenvalue weighted by molar-refractivity contribution is 7.99. The van der Waals surface area contributed by atoms with Gasteiger partial charge in [0.05, 0.1) is 12.9 Å². The Kier molecular flexibility index (Phi) is 8.15. The molecule has 0 spiro atoms. The van der Waals surface area contributed by atoms with Crippen molar-refractivity contribution in [2.45, 2.75) is 24.7 Å². The third-order valence-corrected chi connectivity index (χ3v) is 6.54. The van der Waals surface area contributed by atoms with Crippen LogP contribution in [-0.2, 0) is 24.3 Å². The number of hydrogen-bond donors (Lipinski definition) is 0. The first-order valence-corrected chi connectivity index (χ1v) is 12.2. The average molecular weight is 491 g/mol. The largest absolute Gasteiger partial charge is 0.497 e. The predicted molar refractivity (Wildman–Crippen MR) is 136 cm³/mol. The number of ether oxygens (including phenoxy) is 1. The van der Waals surface area contributed by atoms with Crippen LogP contribution in [0.2, 0.25) is 0 Å². The van der Waals surface area contributed by atoms with Gasteiger partial charge in [0.1, 0.15) is 11.6 Å². The highest BCUT2D eigenvalue weighted by Crippen LogP contribution is 2.26. The number of nitrogens with zero attached hydrogens (tertiary/aromatic N) is 4. The van der Waals surface area contributed by atoms with Crippen LogP contribution in [0.3, 0.4) is 0 Å². The fraction of sp³-hybridized carbons (Fsp3) is 0.222. The van der Waals surface area contributed by atoms with Crippen molar-refractivity contribution in [3.63, 3.8) is 0 Å². The molecule has 0 unspecified atom stereocenters. The van der Waals surface area contributed by atoms with E-state index in [2.05, 4.69) is 26.9 Å². The Bertz CT molecular complexity index is 1260. The molecule has 0 bridgehead atoms. The third kappa shape index (κ3) is 6.48. The molecule has 0 aliphatic heterocycles. The van der Waals surface area contributed by atoms with Crippen LogP contribution >= 0.6 is 11.8 Å². The van der Waals surface area contributed by atoms with Crippen molar-refractivity contribution in [1.29, 1.82) is 0 Å². The van der Waals surface area contributed by atoms with Crippen LogP contribution in [0.25, 0.3) is 11.4 Å². The van der Waals surface area contributed by atoms with E-state index in [1.807, 2.05) is 42.5 Å². The third-order valence-electron chi connectivity index (χ3n) is 5.59. The number of methoxy groups -OCH3 is 1. The summed E-state index contributed by atoms with van der Waals surface area (Å²) >= 11 is 1.35. The van der Waals surface area contributed by atoms with E-state index in [1.165, 1.54) is 29.5 Å². The number of hydrogen-bond acceptors (Lipinski definition) is 5. The number of amides is 1. The normalized spacial score (nSPS) is 10.8. The van der Waals surface area contributed by atoms with E-state index < -0.39 is 0 Å². The Morgan fingerprint density at radius 2 is 1.74 bits per heavy atom. The van der Waals surface area contributed by atoms with E-state index >= 15 is 0 Å². The van der Waals surface area contributed by atoms with Crippen molar-refractivity contribution < 1.29 is 13.9 Å².